The molecule has 0 saturated heterocycles. The lowest BCUT2D eigenvalue weighted by Gasteiger charge is -2.20. The molecule has 0 aliphatic carbocycles. The number of hydrogen-bond acceptors (Lipinski definition) is 4. The van der Waals surface area contributed by atoms with E-state index in [0.717, 1.165) is 16.9 Å². The predicted octanol–water partition coefficient (Wildman–Crippen LogP) is 3.40. The van der Waals surface area contributed by atoms with Crippen molar-refractivity contribution in [2.75, 3.05) is 18.1 Å². The Labute approximate surface area is 164 Å². The molecule has 0 aliphatic heterocycles. The smallest absolute Gasteiger partial charge is 0.306 e. The fraction of sp³-hybridized carbons (Fsp3) is 0.227. The zero-order valence-electron chi connectivity index (χ0n) is 15.8. The Kier molecular flexibility index (Phi) is 6.57. The SMILES string of the molecule is CCN(C(=O)COC(=O)CCc1cnn(-c2ccccc2)c1)c1ccccc1. The van der Waals surface area contributed by atoms with E-state index in [2.05, 4.69) is 5.10 Å². The summed E-state index contributed by atoms with van der Waals surface area (Å²) in [6, 6.07) is 19.1. The normalized spacial score (nSPS) is 10.5. The zero-order valence-corrected chi connectivity index (χ0v) is 15.8. The maximum absolute atomic E-state index is 12.3. The first-order valence-electron chi connectivity index (χ1n) is 9.27. The average Bonchev–Trinajstić information content (AvgIpc) is 3.22. The van der Waals surface area contributed by atoms with Crippen molar-refractivity contribution in [3.8, 4) is 5.69 Å². The zero-order chi connectivity index (χ0) is 19.8. The summed E-state index contributed by atoms with van der Waals surface area (Å²) in [6.07, 6.45) is 4.34. The van der Waals surface area contributed by atoms with Crippen molar-refractivity contribution in [2.45, 2.75) is 19.8 Å². The van der Waals surface area contributed by atoms with E-state index in [1.807, 2.05) is 73.8 Å². The fourth-order valence-corrected chi connectivity index (χ4v) is 2.86. The molecule has 1 aromatic heterocycles. The summed E-state index contributed by atoms with van der Waals surface area (Å²) in [7, 11) is 0. The summed E-state index contributed by atoms with van der Waals surface area (Å²) in [6.45, 7) is 2.14. The molecule has 0 unspecified atom stereocenters. The van der Waals surface area contributed by atoms with Gasteiger partial charge in [-0.05, 0) is 43.2 Å². The summed E-state index contributed by atoms with van der Waals surface area (Å²) in [4.78, 5) is 26.0. The molecule has 2 aromatic carbocycles. The van der Waals surface area contributed by atoms with Crippen molar-refractivity contribution in [3.63, 3.8) is 0 Å². The number of rotatable bonds is 8. The number of ether oxygens (including phenoxy) is 1. The molecule has 3 rings (SSSR count). The van der Waals surface area contributed by atoms with Crippen LogP contribution in [-0.4, -0.2) is 34.8 Å². The summed E-state index contributed by atoms with van der Waals surface area (Å²) in [5.41, 5.74) is 2.69. The van der Waals surface area contributed by atoms with E-state index < -0.39 is 5.97 Å². The second kappa shape index (κ2) is 9.50. The number of nitrogens with zero attached hydrogens (tertiary/aromatic N) is 3. The third-order valence-corrected chi connectivity index (χ3v) is 4.32. The minimum atomic E-state index is -0.398. The molecular formula is C22H23N3O3. The minimum Gasteiger partial charge on any atom is -0.456 e. The number of carbonyl (C=O) groups excluding carboxylic acids is 2. The molecule has 1 heterocycles. The van der Waals surface area contributed by atoms with E-state index >= 15 is 0 Å². The van der Waals surface area contributed by atoms with Gasteiger partial charge in [-0.2, -0.15) is 5.10 Å². The van der Waals surface area contributed by atoms with E-state index in [4.69, 9.17) is 4.74 Å². The molecule has 0 radical (unpaired) electrons. The molecule has 6 nitrogen and oxygen atoms in total. The largest absolute Gasteiger partial charge is 0.456 e. The number of amides is 1. The van der Waals surface area contributed by atoms with Crippen molar-refractivity contribution in [2.24, 2.45) is 0 Å². The molecule has 1 amide bonds. The van der Waals surface area contributed by atoms with Crippen LogP contribution in [0.1, 0.15) is 18.9 Å². The number of benzene rings is 2. The molecule has 6 heteroatoms. The highest BCUT2D eigenvalue weighted by Crippen LogP contribution is 2.13. The van der Waals surface area contributed by atoms with Crippen molar-refractivity contribution in [3.05, 3.63) is 78.6 Å². The van der Waals surface area contributed by atoms with Gasteiger partial charge in [0.05, 0.1) is 11.9 Å². The topological polar surface area (TPSA) is 64.4 Å². The predicted molar refractivity (Wildman–Crippen MR) is 107 cm³/mol. The van der Waals surface area contributed by atoms with Gasteiger partial charge in [0.25, 0.3) is 5.91 Å². The summed E-state index contributed by atoms with van der Waals surface area (Å²) in [5.74, 6) is -0.635. The molecule has 0 fully saturated rings. The average molecular weight is 377 g/mol. The van der Waals surface area contributed by atoms with Gasteiger partial charge in [0.15, 0.2) is 6.61 Å². The van der Waals surface area contributed by atoms with E-state index in [9.17, 15) is 9.59 Å². The Morgan fingerprint density at radius 3 is 2.39 bits per heavy atom. The van der Waals surface area contributed by atoms with Crippen LogP contribution in [0.2, 0.25) is 0 Å². The summed E-state index contributed by atoms with van der Waals surface area (Å²) >= 11 is 0. The Bertz CT molecular complexity index is 907. The van der Waals surface area contributed by atoms with E-state index in [0.29, 0.717) is 13.0 Å². The molecule has 0 spiro atoms. The Balaban J connectivity index is 1.47. The van der Waals surface area contributed by atoms with Crippen molar-refractivity contribution >= 4 is 17.6 Å². The number of aromatic nitrogens is 2. The highest BCUT2D eigenvalue weighted by molar-refractivity contribution is 5.95. The number of anilines is 1. The second-order valence-electron chi connectivity index (χ2n) is 6.26. The molecule has 28 heavy (non-hydrogen) atoms. The fourth-order valence-electron chi connectivity index (χ4n) is 2.86. The van der Waals surface area contributed by atoms with Crippen LogP contribution in [0.15, 0.2) is 73.1 Å². The molecule has 0 aliphatic rings. The van der Waals surface area contributed by atoms with Crippen LogP contribution in [0.3, 0.4) is 0 Å². The van der Waals surface area contributed by atoms with Crippen molar-refractivity contribution in [1.29, 1.82) is 0 Å². The lowest BCUT2D eigenvalue weighted by molar-refractivity contribution is -0.147. The molecule has 0 atom stereocenters. The maximum Gasteiger partial charge on any atom is 0.306 e. The van der Waals surface area contributed by atoms with E-state index in [1.165, 1.54) is 0 Å². The molecule has 0 bridgehead atoms. The number of carbonyl (C=O) groups is 2. The van der Waals surface area contributed by atoms with Crippen molar-refractivity contribution < 1.29 is 14.3 Å². The van der Waals surface area contributed by atoms with Crippen LogP contribution in [0.5, 0.6) is 0 Å². The van der Waals surface area contributed by atoms with Gasteiger partial charge >= 0.3 is 5.97 Å². The monoisotopic (exact) mass is 377 g/mol. The van der Waals surface area contributed by atoms with E-state index in [-0.39, 0.29) is 18.9 Å². The highest BCUT2D eigenvalue weighted by atomic mass is 16.5. The summed E-state index contributed by atoms with van der Waals surface area (Å²) in [5, 5.41) is 4.31. The second-order valence-corrected chi connectivity index (χ2v) is 6.26. The van der Waals surface area contributed by atoms with Gasteiger partial charge in [-0.25, -0.2) is 4.68 Å². The van der Waals surface area contributed by atoms with Crippen LogP contribution in [0.4, 0.5) is 5.69 Å². The number of aryl methyl sites for hydroxylation is 1. The van der Waals surface area contributed by atoms with Gasteiger partial charge in [-0.1, -0.05) is 36.4 Å². The molecule has 144 valence electrons. The van der Waals surface area contributed by atoms with Gasteiger partial charge in [0.2, 0.25) is 0 Å². The first-order chi connectivity index (χ1) is 13.7. The van der Waals surface area contributed by atoms with Gasteiger partial charge < -0.3 is 9.64 Å². The lowest BCUT2D eigenvalue weighted by Crippen LogP contribution is -2.34. The van der Waals surface area contributed by atoms with Crippen LogP contribution in [0.25, 0.3) is 5.69 Å². The highest BCUT2D eigenvalue weighted by Gasteiger charge is 2.16. The van der Waals surface area contributed by atoms with Gasteiger partial charge in [0.1, 0.15) is 0 Å². The Morgan fingerprint density at radius 2 is 1.71 bits per heavy atom. The quantitative estimate of drug-likeness (QED) is 0.565. The molecule has 0 N–H and O–H groups in total. The number of esters is 1. The van der Waals surface area contributed by atoms with E-state index in [1.54, 1.807) is 15.8 Å². The van der Waals surface area contributed by atoms with Gasteiger partial charge in [-0.15, -0.1) is 0 Å². The van der Waals surface area contributed by atoms with Gasteiger partial charge in [0, 0.05) is 24.8 Å². The third kappa shape index (κ3) is 5.07. The van der Waals surface area contributed by atoms with Crippen LogP contribution in [0, 0.1) is 0 Å². The van der Waals surface area contributed by atoms with Crippen LogP contribution >= 0.6 is 0 Å². The Hall–Kier alpha value is -3.41. The first kappa shape index (κ1) is 19.4. The lowest BCUT2D eigenvalue weighted by atomic mass is 10.2. The standard InChI is InChI=1S/C22H23N3O3/c1-2-24(19-9-5-3-6-10-19)21(26)17-28-22(27)14-13-18-15-23-25(16-18)20-11-7-4-8-12-20/h3-12,15-16H,2,13-14,17H2,1H3. The molecule has 0 saturated carbocycles. The minimum absolute atomic E-state index is 0.200. The van der Waals surface area contributed by atoms with Crippen LogP contribution < -0.4 is 4.90 Å². The molecule has 3 aromatic rings. The maximum atomic E-state index is 12.3. The number of para-hydroxylation sites is 2. The summed E-state index contributed by atoms with van der Waals surface area (Å²) < 4.78 is 6.93. The third-order valence-electron chi connectivity index (χ3n) is 4.32. The first-order valence-corrected chi connectivity index (χ1v) is 9.27. The van der Waals surface area contributed by atoms with Crippen molar-refractivity contribution in [1.82, 2.24) is 9.78 Å². The number of hydrogen-bond donors (Lipinski definition) is 0. The Morgan fingerprint density at radius 1 is 1.04 bits per heavy atom. The van der Waals surface area contributed by atoms with Crippen LogP contribution in [-0.2, 0) is 20.7 Å². The van der Waals surface area contributed by atoms with Gasteiger partial charge in [-0.3, -0.25) is 9.59 Å². The number of likely N-dealkylation sites (N-methyl/N-ethyl adjacent to an activating group) is 1. The molecular weight excluding hydrogens is 354 g/mol.